The Kier molecular flexibility index (Phi) is 7.87. The molecule has 3 N–H and O–H groups in total. The number of hydrogen-bond acceptors (Lipinski definition) is 6. The molecule has 0 amide bonds. The second-order valence-corrected chi connectivity index (χ2v) is 8.60. The normalized spacial score (nSPS) is 15.2. The Morgan fingerprint density at radius 2 is 1.59 bits per heavy atom. The number of rotatable bonds is 9. The van der Waals surface area contributed by atoms with Crippen LogP contribution in [-0.4, -0.2) is 62.6 Å². The van der Waals surface area contributed by atoms with Gasteiger partial charge in [-0.3, -0.25) is 4.90 Å². The van der Waals surface area contributed by atoms with Gasteiger partial charge in [-0.25, -0.2) is 4.39 Å². The molecule has 0 spiro atoms. The highest BCUT2D eigenvalue weighted by Crippen LogP contribution is 2.32. The molecule has 4 rings (SSSR count). The first kappa shape index (κ1) is 23.9. The minimum absolute atomic E-state index is 0.176. The SMILES string of the molecule is COc1c(N)cccc1OC[C@@H](O)CN1CCN(c2ccc(Cc3ccc(F)cc3)cc2)CC1. The van der Waals surface area contributed by atoms with Crippen LogP contribution >= 0.6 is 0 Å². The highest BCUT2D eigenvalue weighted by atomic mass is 19.1. The fourth-order valence-corrected chi connectivity index (χ4v) is 4.25. The van der Waals surface area contributed by atoms with Crippen LogP contribution in [0.3, 0.4) is 0 Å². The van der Waals surface area contributed by atoms with Gasteiger partial charge in [-0.1, -0.05) is 30.3 Å². The topological polar surface area (TPSA) is 71.2 Å². The zero-order chi connectivity index (χ0) is 23.9. The summed E-state index contributed by atoms with van der Waals surface area (Å²) in [6.45, 7) is 4.26. The fraction of sp³-hybridized carbons (Fsp3) is 0.333. The standard InChI is InChI=1S/C27H32FN3O3/c1-33-27-25(29)3-2-4-26(27)34-19-24(32)18-30-13-15-31(16-14-30)23-11-7-21(8-12-23)17-20-5-9-22(28)10-6-20/h2-12,24,32H,13-19,29H2,1H3/t24-/m0/s1. The van der Waals surface area contributed by atoms with Crippen LogP contribution in [0.2, 0.25) is 0 Å². The number of ether oxygens (including phenoxy) is 2. The summed E-state index contributed by atoms with van der Waals surface area (Å²) in [5, 5.41) is 10.5. The lowest BCUT2D eigenvalue weighted by atomic mass is 10.0. The fourth-order valence-electron chi connectivity index (χ4n) is 4.25. The van der Waals surface area contributed by atoms with Crippen LogP contribution in [0, 0.1) is 5.82 Å². The van der Waals surface area contributed by atoms with E-state index in [0.717, 1.165) is 38.2 Å². The van der Waals surface area contributed by atoms with E-state index in [0.29, 0.717) is 23.7 Å². The Balaban J connectivity index is 1.22. The molecule has 0 saturated carbocycles. The molecule has 0 unspecified atom stereocenters. The van der Waals surface area contributed by atoms with Crippen molar-refractivity contribution in [2.24, 2.45) is 0 Å². The van der Waals surface area contributed by atoms with E-state index in [1.165, 1.54) is 23.4 Å². The predicted molar refractivity (Wildman–Crippen MR) is 133 cm³/mol. The quantitative estimate of drug-likeness (QED) is 0.471. The van der Waals surface area contributed by atoms with Crippen LogP contribution in [0.1, 0.15) is 11.1 Å². The van der Waals surface area contributed by atoms with Crippen LogP contribution in [0.4, 0.5) is 15.8 Å². The van der Waals surface area contributed by atoms with Gasteiger partial charge in [0.25, 0.3) is 0 Å². The lowest BCUT2D eigenvalue weighted by molar-refractivity contribution is 0.0654. The van der Waals surface area contributed by atoms with Crippen molar-refractivity contribution in [3.05, 3.63) is 83.7 Å². The highest BCUT2D eigenvalue weighted by Gasteiger charge is 2.20. The number of nitrogens with two attached hydrogens (primary N) is 1. The maximum atomic E-state index is 13.1. The lowest BCUT2D eigenvalue weighted by Crippen LogP contribution is -2.49. The number of para-hydroxylation sites is 1. The monoisotopic (exact) mass is 465 g/mol. The van der Waals surface area contributed by atoms with Gasteiger partial charge in [-0.05, 0) is 53.9 Å². The number of benzene rings is 3. The summed E-state index contributed by atoms with van der Waals surface area (Å²) >= 11 is 0. The summed E-state index contributed by atoms with van der Waals surface area (Å²) in [4.78, 5) is 4.61. The average Bonchev–Trinajstić information content (AvgIpc) is 2.85. The van der Waals surface area contributed by atoms with Crippen molar-refractivity contribution in [3.8, 4) is 11.5 Å². The Labute approximate surface area is 200 Å². The first-order chi connectivity index (χ1) is 16.5. The van der Waals surface area contributed by atoms with E-state index >= 15 is 0 Å². The molecule has 3 aromatic carbocycles. The molecule has 1 atom stereocenters. The van der Waals surface area contributed by atoms with Gasteiger partial charge >= 0.3 is 0 Å². The average molecular weight is 466 g/mol. The number of methoxy groups -OCH3 is 1. The van der Waals surface area contributed by atoms with E-state index in [1.807, 2.05) is 12.1 Å². The summed E-state index contributed by atoms with van der Waals surface area (Å²) < 4.78 is 24.1. The van der Waals surface area contributed by atoms with E-state index in [9.17, 15) is 9.50 Å². The van der Waals surface area contributed by atoms with Crippen LogP contribution in [0.15, 0.2) is 66.7 Å². The third kappa shape index (κ3) is 6.18. The van der Waals surface area contributed by atoms with Gasteiger partial charge in [0.2, 0.25) is 0 Å². The third-order valence-electron chi connectivity index (χ3n) is 6.11. The molecule has 1 aliphatic rings. The number of piperazine rings is 1. The van der Waals surface area contributed by atoms with Crippen LogP contribution in [-0.2, 0) is 6.42 Å². The molecule has 0 radical (unpaired) electrons. The summed E-state index contributed by atoms with van der Waals surface area (Å²) in [5.74, 6) is 0.820. The number of hydrogen-bond donors (Lipinski definition) is 2. The Morgan fingerprint density at radius 1 is 0.941 bits per heavy atom. The molecule has 1 aliphatic heterocycles. The molecular formula is C27H32FN3O3. The van der Waals surface area contributed by atoms with E-state index in [1.54, 1.807) is 25.3 Å². The van der Waals surface area contributed by atoms with Gasteiger partial charge < -0.3 is 25.2 Å². The lowest BCUT2D eigenvalue weighted by Gasteiger charge is -2.37. The van der Waals surface area contributed by atoms with Crippen LogP contribution < -0.4 is 20.1 Å². The predicted octanol–water partition coefficient (Wildman–Crippen LogP) is 3.57. The second-order valence-electron chi connectivity index (χ2n) is 8.60. The molecule has 34 heavy (non-hydrogen) atoms. The number of nitrogen functional groups attached to an aromatic ring is 1. The van der Waals surface area contributed by atoms with Gasteiger partial charge in [0.15, 0.2) is 11.5 Å². The van der Waals surface area contributed by atoms with Crippen molar-refractivity contribution in [1.82, 2.24) is 4.90 Å². The number of β-amino-alcohol motifs (C(OH)–C–C–N with tert-alkyl or cyclic N) is 1. The zero-order valence-electron chi connectivity index (χ0n) is 19.5. The second kappa shape index (κ2) is 11.2. The van der Waals surface area contributed by atoms with E-state index in [4.69, 9.17) is 15.2 Å². The summed E-state index contributed by atoms with van der Waals surface area (Å²) in [5.41, 5.74) is 9.91. The maximum Gasteiger partial charge on any atom is 0.183 e. The molecule has 180 valence electrons. The summed E-state index contributed by atoms with van der Waals surface area (Å²) in [7, 11) is 1.55. The number of anilines is 2. The van der Waals surface area contributed by atoms with Crippen molar-refractivity contribution >= 4 is 11.4 Å². The maximum absolute atomic E-state index is 13.1. The molecular weight excluding hydrogens is 433 g/mol. The van der Waals surface area contributed by atoms with Gasteiger partial charge in [0.1, 0.15) is 18.5 Å². The number of aliphatic hydroxyl groups excluding tert-OH is 1. The smallest absolute Gasteiger partial charge is 0.183 e. The highest BCUT2D eigenvalue weighted by molar-refractivity contribution is 5.60. The number of halogens is 1. The first-order valence-corrected chi connectivity index (χ1v) is 11.6. The molecule has 1 saturated heterocycles. The summed E-state index contributed by atoms with van der Waals surface area (Å²) in [6, 6.07) is 20.6. The van der Waals surface area contributed by atoms with Crippen molar-refractivity contribution in [3.63, 3.8) is 0 Å². The first-order valence-electron chi connectivity index (χ1n) is 11.6. The Hall–Kier alpha value is -3.29. The molecule has 0 aromatic heterocycles. The molecule has 0 aliphatic carbocycles. The van der Waals surface area contributed by atoms with Crippen molar-refractivity contribution in [2.45, 2.75) is 12.5 Å². The van der Waals surface area contributed by atoms with Crippen molar-refractivity contribution < 1.29 is 19.0 Å². The molecule has 3 aromatic rings. The van der Waals surface area contributed by atoms with E-state index in [-0.39, 0.29) is 12.4 Å². The summed E-state index contributed by atoms with van der Waals surface area (Å²) in [6.07, 6.45) is 0.180. The largest absolute Gasteiger partial charge is 0.491 e. The third-order valence-corrected chi connectivity index (χ3v) is 6.11. The molecule has 6 nitrogen and oxygen atoms in total. The van der Waals surface area contributed by atoms with Gasteiger partial charge in [-0.15, -0.1) is 0 Å². The zero-order valence-corrected chi connectivity index (χ0v) is 19.5. The van der Waals surface area contributed by atoms with Gasteiger partial charge in [0.05, 0.1) is 12.8 Å². The van der Waals surface area contributed by atoms with E-state index < -0.39 is 6.10 Å². The Bertz CT molecular complexity index is 1050. The molecule has 1 fully saturated rings. The van der Waals surface area contributed by atoms with Crippen LogP contribution in [0.25, 0.3) is 0 Å². The Morgan fingerprint density at radius 3 is 2.24 bits per heavy atom. The van der Waals surface area contributed by atoms with Gasteiger partial charge in [0, 0.05) is 38.4 Å². The van der Waals surface area contributed by atoms with Crippen molar-refractivity contribution in [1.29, 1.82) is 0 Å². The minimum atomic E-state index is -0.608. The minimum Gasteiger partial charge on any atom is -0.491 e. The molecule has 1 heterocycles. The molecule has 0 bridgehead atoms. The van der Waals surface area contributed by atoms with Gasteiger partial charge in [-0.2, -0.15) is 0 Å². The van der Waals surface area contributed by atoms with Crippen LogP contribution in [0.5, 0.6) is 11.5 Å². The van der Waals surface area contributed by atoms with E-state index in [2.05, 4.69) is 34.1 Å². The molecule has 7 heteroatoms. The number of nitrogens with zero attached hydrogens (tertiary/aromatic N) is 2. The van der Waals surface area contributed by atoms with Crippen molar-refractivity contribution in [2.75, 3.05) is 57.1 Å². The number of aliphatic hydroxyl groups is 1.